The van der Waals surface area contributed by atoms with Crippen molar-refractivity contribution in [3.63, 3.8) is 0 Å². The summed E-state index contributed by atoms with van der Waals surface area (Å²) in [7, 11) is 0. The van der Waals surface area contributed by atoms with Gasteiger partial charge in [0.05, 0.1) is 0 Å². The summed E-state index contributed by atoms with van der Waals surface area (Å²) in [6.07, 6.45) is 0.819. The van der Waals surface area contributed by atoms with Crippen molar-refractivity contribution in [1.82, 2.24) is 10.6 Å². The van der Waals surface area contributed by atoms with Crippen molar-refractivity contribution in [1.29, 1.82) is 0 Å². The van der Waals surface area contributed by atoms with Crippen molar-refractivity contribution in [3.8, 4) is 11.5 Å². The third-order valence-electron chi connectivity index (χ3n) is 3.67. The molecule has 1 aliphatic rings. The summed E-state index contributed by atoms with van der Waals surface area (Å²) in [6.45, 7) is 3.38. The van der Waals surface area contributed by atoms with E-state index in [1.165, 1.54) is 11.1 Å². The number of fused-ring (bicyclic) bond motifs is 1. The number of aryl methyl sites for hydroxylation is 1. The van der Waals surface area contributed by atoms with E-state index < -0.39 is 0 Å². The number of rotatable bonds is 5. The second-order valence-corrected chi connectivity index (χ2v) is 5.54. The number of ether oxygens (including phenoxy) is 2. The smallest absolute Gasteiger partial charge is 0.315 e. The van der Waals surface area contributed by atoms with E-state index in [0.29, 0.717) is 13.1 Å². The van der Waals surface area contributed by atoms with E-state index in [-0.39, 0.29) is 12.8 Å². The van der Waals surface area contributed by atoms with Crippen molar-refractivity contribution < 1.29 is 14.3 Å². The van der Waals surface area contributed by atoms with Crippen LogP contribution >= 0.6 is 0 Å². The molecule has 2 amide bonds. The number of carbonyl (C=O) groups excluding carboxylic acids is 1. The average molecular weight is 312 g/mol. The topological polar surface area (TPSA) is 59.6 Å². The highest BCUT2D eigenvalue weighted by molar-refractivity contribution is 5.73. The molecule has 0 saturated carbocycles. The molecule has 0 unspecified atom stereocenters. The van der Waals surface area contributed by atoms with Crippen molar-refractivity contribution in [2.75, 3.05) is 13.3 Å². The van der Waals surface area contributed by atoms with Crippen LogP contribution < -0.4 is 20.1 Å². The molecule has 0 bridgehead atoms. The van der Waals surface area contributed by atoms with Gasteiger partial charge in [0.25, 0.3) is 0 Å². The third kappa shape index (κ3) is 4.16. The summed E-state index contributed by atoms with van der Waals surface area (Å²) in [4.78, 5) is 11.8. The second kappa shape index (κ2) is 7.05. The van der Waals surface area contributed by atoms with Gasteiger partial charge in [-0.15, -0.1) is 0 Å². The molecule has 3 rings (SSSR count). The van der Waals surface area contributed by atoms with Crippen LogP contribution in [0.15, 0.2) is 42.5 Å². The van der Waals surface area contributed by atoms with E-state index >= 15 is 0 Å². The Kier molecular flexibility index (Phi) is 4.66. The molecule has 120 valence electrons. The van der Waals surface area contributed by atoms with E-state index in [0.717, 1.165) is 23.5 Å². The molecule has 1 aliphatic heterocycles. The van der Waals surface area contributed by atoms with Crippen molar-refractivity contribution in [2.24, 2.45) is 0 Å². The summed E-state index contributed by atoms with van der Waals surface area (Å²) in [5, 5.41) is 5.71. The van der Waals surface area contributed by atoms with Gasteiger partial charge >= 0.3 is 6.03 Å². The maximum atomic E-state index is 11.8. The van der Waals surface area contributed by atoms with Crippen LogP contribution in [0.2, 0.25) is 0 Å². The molecule has 2 aromatic carbocycles. The molecule has 0 saturated heterocycles. The van der Waals surface area contributed by atoms with Crippen molar-refractivity contribution in [2.45, 2.75) is 19.9 Å². The lowest BCUT2D eigenvalue weighted by molar-refractivity contribution is 0.174. The highest BCUT2D eigenvalue weighted by atomic mass is 16.7. The highest BCUT2D eigenvalue weighted by Gasteiger charge is 2.13. The van der Waals surface area contributed by atoms with Crippen molar-refractivity contribution in [3.05, 3.63) is 59.2 Å². The molecule has 2 aromatic rings. The Morgan fingerprint density at radius 3 is 2.78 bits per heavy atom. The van der Waals surface area contributed by atoms with Gasteiger partial charge in [-0.1, -0.05) is 35.9 Å². The molecule has 23 heavy (non-hydrogen) atoms. The van der Waals surface area contributed by atoms with Gasteiger partial charge in [-0.3, -0.25) is 0 Å². The minimum absolute atomic E-state index is 0.171. The lowest BCUT2D eigenvalue weighted by atomic mass is 10.1. The first-order valence-corrected chi connectivity index (χ1v) is 7.66. The minimum atomic E-state index is -0.171. The Hall–Kier alpha value is -2.69. The Morgan fingerprint density at radius 2 is 1.91 bits per heavy atom. The summed E-state index contributed by atoms with van der Waals surface area (Å²) in [6, 6.07) is 13.8. The molecule has 5 heteroatoms. The van der Waals surface area contributed by atoms with E-state index in [2.05, 4.69) is 35.8 Å². The zero-order valence-corrected chi connectivity index (χ0v) is 13.1. The van der Waals surface area contributed by atoms with Crippen LogP contribution in [-0.4, -0.2) is 19.4 Å². The van der Waals surface area contributed by atoms with Gasteiger partial charge in [-0.2, -0.15) is 0 Å². The van der Waals surface area contributed by atoms with E-state index in [1.54, 1.807) is 0 Å². The molecule has 5 nitrogen and oxygen atoms in total. The Morgan fingerprint density at radius 1 is 1.04 bits per heavy atom. The van der Waals surface area contributed by atoms with E-state index in [1.807, 2.05) is 24.3 Å². The summed E-state index contributed by atoms with van der Waals surface area (Å²) >= 11 is 0. The molecule has 0 radical (unpaired) electrons. The third-order valence-corrected chi connectivity index (χ3v) is 3.67. The van der Waals surface area contributed by atoms with Crippen LogP contribution in [-0.2, 0) is 13.0 Å². The molecule has 0 aromatic heterocycles. The number of carbonyl (C=O) groups is 1. The lowest BCUT2D eigenvalue weighted by Crippen LogP contribution is -2.36. The van der Waals surface area contributed by atoms with Gasteiger partial charge in [-0.25, -0.2) is 4.79 Å². The number of nitrogens with one attached hydrogen (secondary N) is 2. The van der Waals surface area contributed by atoms with Gasteiger partial charge in [0, 0.05) is 13.1 Å². The first-order chi connectivity index (χ1) is 11.2. The summed E-state index contributed by atoms with van der Waals surface area (Å²) < 4.78 is 10.6. The fourth-order valence-corrected chi connectivity index (χ4v) is 2.48. The quantitative estimate of drug-likeness (QED) is 0.892. The maximum Gasteiger partial charge on any atom is 0.315 e. The SMILES string of the molecule is Cc1cccc(CCNC(=O)NCc2ccc3c(c2)OCO3)c1. The minimum Gasteiger partial charge on any atom is -0.454 e. The zero-order valence-electron chi connectivity index (χ0n) is 13.1. The van der Waals surface area contributed by atoms with Gasteiger partial charge in [-0.05, 0) is 36.6 Å². The molecular formula is C18H20N2O3. The maximum absolute atomic E-state index is 11.8. The largest absolute Gasteiger partial charge is 0.454 e. The number of urea groups is 1. The van der Waals surface area contributed by atoms with Gasteiger partial charge in [0.2, 0.25) is 6.79 Å². The zero-order chi connectivity index (χ0) is 16.1. The van der Waals surface area contributed by atoms with Gasteiger partial charge in [0.15, 0.2) is 11.5 Å². The van der Waals surface area contributed by atoms with Crippen LogP contribution in [0.4, 0.5) is 4.79 Å². The Bertz CT molecular complexity index is 700. The number of amides is 2. The number of hydrogen-bond acceptors (Lipinski definition) is 3. The van der Waals surface area contributed by atoms with Crippen LogP contribution in [0.1, 0.15) is 16.7 Å². The van der Waals surface area contributed by atoms with Gasteiger partial charge in [0.1, 0.15) is 0 Å². The number of benzene rings is 2. The lowest BCUT2D eigenvalue weighted by Gasteiger charge is -2.08. The fourth-order valence-electron chi connectivity index (χ4n) is 2.48. The van der Waals surface area contributed by atoms with Crippen LogP contribution in [0.3, 0.4) is 0 Å². The molecule has 0 atom stereocenters. The highest BCUT2D eigenvalue weighted by Crippen LogP contribution is 2.32. The predicted octanol–water partition coefficient (Wildman–Crippen LogP) is 2.77. The molecule has 2 N–H and O–H groups in total. The second-order valence-electron chi connectivity index (χ2n) is 5.54. The van der Waals surface area contributed by atoms with Crippen molar-refractivity contribution >= 4 is 6.03 Å². The standard InChI is InChI=1S/C18H20N2O3/c1-13-3-2-4-14(9-13)7-8-19-18(21)20-11-15-5-6-16-17(10-15)23-12-22-16/h2-6,9-10H,7-8,11-12H2,1H3,(H2,19,20,21). The number of hydrogen-bond donors (Lipinski definition) is 2. The summed E-state index contributed by atoms with van der Waals surface area (Å²) in [5.74, 6) is 1.47. The average Bonchev–Trinajstić information content (AvgIpc) is 3.00. The first-order valence-electron chi connectivity index (χ1n) is 7.66. The predicted molar refractivity (Wildman–Crippen MR) is 87.7 cm³/mol. The summed E-state index contributed by atoms with van der Waals surface area (Å²) in [5.41, 5.74) is 3.43. The first kappa shape index (κ1) is 15.2. The van der Waals surface area contributed by atoms with Crippen LogP contribution in [0, 0.1) is 6.92 Å². The van der Waals surface area contributed by atoms with Crippen LogP contribution in [0.5, 0.6) is 11.5 Å². The molecule has 0 spiro atoms. The van der Waals surface area contributed by atoms with Gasteiger partial charge < -0.3 is 20.1 Å². The normalized spacial score (nSPS) is 12.0. The Balaban J connectivity index is 1.41. The molecule has 0 aliphatic carbocycles. The molecular weight excluding hydrogens is 292 g/mol. The fraction of sp³-hybridized carbons (Fsp3) is 0.278. The molecule has 1 heterocycles. The monoisotopic (exact) mass is 312 g/mol. The van der Waals surface area contributed by atoms with E-state index in [9.17, 15) is 4.79 Å². The molecule has 0 fully saturated rings. The van der Waals surface area contributed by atoms with Crippen LogP contribution in [0.25, 0.3) is 0 Å². The Labute approximate surface area is 135 Å². The van der Waals surface area contributed by atoms with E-state index in [4.69, 9.17) is 9.47 Å².